The lowest BCUT2D eigenvalue weighted by molar-refractivity contribution is -0.114. The highest BCUT2D eigenvalue weighted by Gasteiger charge is 2.12. The van der Waals surface area contributed by atoms with Crippen molar-refractivity contribution in [2.75, 3.05) is 17.7 Å². The van der Waals surface area contributed by atoms with E-state index in [1.54, 1.807) is 42.5 Å². The van der Waals surface area contributed by atoms with Crippen LogP contribution >= 0.6 is 0 Å². The van der Waals surface area contributed by atoms with Crippen molar-refractivity contribution < 1.29 is 19.1 Å². The highest BCUT2D eigenvalue weighted by Crippen LogP contribution is 2.19. The van der Waals surface area contributed by atoms with Gasteiger partial charge in [0.2, 0.25) is 5.91 Å². The quantitative estimate of drug-likeness (QED) is 0.846. The molecular formula is C18H18N2O4. The summed E-state index contributed by atoms with van der Waals surface area (Å²) in [6, 6.07) is 11.5. The summed E-state index contributed by atoms with van der Waals surface area (Å²) in [7, 11) is 1.30. The van der Waals surface area contributed by atoms with Crippen LogP contribution in [0.1, 0.15) is 33.2 Å². The second-order valence-electron chi connectivity index (χ2n) is 5.24. The van der Waals surface area contributed by atoms with Crippen LogP contribution in [-0.4, -0.2) is 24.9 Å². The molecular weight excluding hydrogens is 308 g/mol. The molecule has 2 rings (SSSR count). The topological polar surface area (TPSA) is 84.5 Å². The zero-order valence-corrected chi connectivity index (χ0v) is 13.7. The standard InChI is InChI=1S/C18H18N2O4/c1-11-7-8-14(18(23)24-3)10-16(11)20-17(22)13-5-4-6-15(9-13)19-12(2)21/h4-10H,1-3H3,(H,19,21)(H,20,22). The minimum absolute atomic E-state index is 0.214. The van der Waals surface area contributed by atoms with Crippen LogP contribution in [0.3, 0.4) is 0 Å². The SMILES string of the molecule is COC(=O)c1ccc(C)c(NC(=O)c2cccc(NC(C)=O)c2)c1. The lowest BCUT2D eigenvalue weighted by Crippen LogP contribution is -2.14. The summed E-state index contributed by atoms with van der Waals surface area (Å²) in [5, 5.41) is 5.39. The van der Waals surface area contributed by atoms with Crippen molar-refractivity contribution in [1.82, 2.24) is 0 Å². The maximum atomic E-state index is 12.4. The lowest BCUT2D eigenvalue weighted by Gasteiger charge is -2.11. The second kappa shape index (κ2) is 7.41. The Bertz CT molecular complexity index is 799. The molecule has 2 aromatic rings. The first kappa shape index (κ1) is 17.2. The third kappa shape index (κ3) is 4.19. The van der Waals surface area contributed by atoms with Gasteiger partial charge in [-0.05, 0) is 42.8 Å². The normalized spacial score (nSPS) is 9.96. The van der Waals surface area contributed by atoms with Crippen molar-refractivity contribution >= 4 is 29.2 Å². The van der Waals surface area contributed by atoms with E-state index >= 15 is 0 Å². The number of esters is 1. The van der Waals surface area contributed by atoms with E-state index in [1.165, 1.54) is 14.0 Å². The summed E-state index contributed by atoms with van der Waals surface area (Å²) in [4.78, 5) is 35.1. The van der Waals surface area contributed by atoms with Gasteiger partial charge in [-0.15, -0.1) is 0 Å². The first-order valence-corrected chi connectivity index (χ1v) is 7.28. The van der Waals surface area contributed by atoms with Crippen molar-refractivity contribution in [2.24, 2.45) is 0 Å². The predicted octanol–water partition coefficient (Wildman–Crippen LogP) is 2.99. The molecule has 2 amide bonds. The number of anilines is 2. The lowest BCUT2D eigenvalue weighted by atomic mass is 10.1. The molecule has 0 aliphatic heterocycles. The summed E-state index contributed by atoms with van der Waals surface area (Å²) in [6.07, 6.45) is 0. The number of hydrogen-bond donors (Lipinski definition) is 2. The van der Waals surface area contributed by atoms with Crippen LogP contribution in [0.15, 0.2) is 42.5 Å². The molecule has 0 unspecified atom stereocenters. The molecule has 2 N–H and O–H groups in total. The summed E-state index contributed by atoms with van der Waals surface area (Å²) in [5.74, 6) is -1.03. The maximum Gasteiger partial charge on any atom is 0.337 e. The molecule has 124 valence electrons. The smallest absolute Gasteiger partial charge is 0.337 e. The van der Waals surface area contributed by atoms with Gasteiger partial charge in [0.1, 0.15) is 0 Å². The van der Waals surface area contributed by atoms with Gasteiger partial charge >= 0.3 is 5.97 Å². The van der Waals surface area contributed by atoms with E-state index in [0.717, 1.165) is 5.56 Å². The predicted molar refractivity (Wildman–Crippen MR) is 91.2 cm³/mol. The van der Waals surface area contributed by atoms with Crippen LogP contribution in [0.5, 0.6) is 0 Å². The third-order valence-electron chi connectivity index (χ3n) is 3.35. The zero-order valence-electron chi connectivity index (χ0n) is 13.7. The van der Waals surface area contributed by atoms with Gasteiger partial charge in [-0.2, -0.15) is 0 Å². The molecule has 0 fully saturated rings. The number of amides is 2. The minimum Gasteiger partial charge on any atom is -0.465 e. The molecule has 0 bridgehead atoms. The number of ether oxygens (including phenoxy) is 1. The Hall–Kier alpha value is -3.15. The van der Waals surface area contributed by atoms with E-state index in [4.69, 9.17) is 0 Å². The van der Waals surface area contributed by atoms with Crippen LogP contribution in [0.4, 0.5) is 11.4 Å². The minimum atomic E-state index is -0.474. The number of rotatable bonds is 4. The average Bonchev–Trinajstić information content (AvgIpc) is 2.55. The summed E-state index contributed by atoms with van der Waals surface area (Å²) < 4.78 is 4.68. The number of carbonyl (C=O) groups is 3. The van der Waals surface area contributed by atoms with Crippen LogP contribution in [0.2, 0.25) is 0 Å². The number of benzene rings is 2. The Labute approximate surface area is 139 Å². The van der Waals surface area contributed by atoms with E-state index in [9.17, 15) is 14.4 Å². The first-order chi connectivity index (χ1) is 11.4. The van der Waals surface area contributed by atoms with Crippen molar-refractivity contribution in [3.8, 4) is 0 Å². The highest BCUT2D eigenvalue weighted by molar-refractivity contribution is 6.06. The van der Waals surface area contributed by atoms with Gasteiger partial charge in [0, 0.05) is 23.9 Å². The van der Waals surface area contributed by atoms with E-state index in [2.05, 4.69) is 15.4 Å². The van der Waals surface area contributed by atoms with Gasteiger partial charge in [-0.3, -0.25) is 9.59 Å². The average molecular weight is 326 g/mol. The Morgan fingerprint density at radius 2 is 1.71 bits per heavy atom. The van der Waals surface area contributed by atoms with Crippen LogP contribution < -0.4 is 10.6 Å². The highest BCUT2D eigenvalue weighted by atomic mass is 16.5. The van der Waals surface area contributed by atoms with Crippen molar-refractivity contribution in [3.63, 3.8) is 0 Å². The largest absolute Gasteiger partial charge is 0.465 e. The molecule has 0 saturated carbocycles. The molecule has 0 aliphatic rings. The molecule has 6 nitrogen and oxygen atoms in total. The van der Waals surface area contributed by atoms with Crippen LogP contribution in [-0.2, 0) is 9.53 Å². The van der Waals surface area contributed by atoms with Gasteiger partial charge in [0.15, 0.2) is 0 Å². The summed E-state index contributed by atoms with van der Waals surface area (Å²) in [6.45, 7) is 3.22. The maximum absolute atomic E-state index is 12.4. The van der Waals surface area contributed by atoms with Gasteiger partial charge in [0.05, 0.1) is 12.7 Å². The molecule has 24 heavy (non-hydrogen) atoms. The fraction of sp³-hybridized carbons (Fsp3) is 0.167. The van der Waals surface area contributed by atoms with Gasteiger partial charge in [-0.1, -0.05) is 12.1 Å². The molecule has 2 aromatic carbocycles. The van der Waals surface area contributed by atoms with Crippen molar-refractivity contribution in [2.45, 2.75) is 13.8 Å². The molecule has 0 heterocycles. The third-order valence-corrected chi connectivity index (χ3v) is 3.35. The molecule has 0 radical (unpaired) electrons. The molecule has 0 saturated heterocycles. The van der Waals surface area contributed by atoms with Crippen molar-refractivity contribution in [3.05, 3.63) is 59.2 Å². The number of hydrogen-bond acceptors (Lipinski definition) is 4. The van der Waals surface area contributed by atoms with Crippen molar-refractivity contribution in [1.29, 1.82) is 0 Å². The zero-order chi connectivity index (χ0) is 17.7. The van der Waals surface area contributed by atoms with E-state index in [0.29, 0.717) is 22.5 Å². The van der Waals surface area contributed by atoms with Gasteiger partial charge in [0.25, 0.3) is 5.91 Å². The second-order valence-corrected chi connectivity index (χ2v) is 5.24. The molecule has 0 aliphatic carbocycles. The fourth-order valence-electron chi connectivity index (χ4n) is 2.14. The van der Waals surface area contributed by atoms with E-state index < -0.39 is 5.97 Å². The number of nitrogens with one attached hydrogen (secondary N) is 2. The molecule has 0 spiro atoms. The summed E-state index contributed by atoms with van der Waals surface area (Å²) in [5.41, 5.74) is 2.62. The van der Waals surface area contributed by atoms with Crippen LogP contribution in [0.25, 0.3) is 0 Å². The first-order valence-electron chi connectivity index (χ1n) is 7.28. The number of methoxy groups -OCH3 is 1. The Kier molecular flexibility index (Phi) is 5.31. The van der Waals surface area contributed by atoms with E-state index in [-0.39, 0.29) is 11.8 Å². The van der Waals surface area contributed by atoms with Crippen LogP contribution in [0, 0.1) is 6.92 Å². The number of carbonyl (C=O) groups excluding carboxylic acids is 3. The Morgan fingerprint density at radius 3 is 2.38 bits per heavy atom. The Balaban J connectivity index is 2.23. The van der Waals surface area contributed by atoms with Gasteiger partial charge < -0.3 is 15.4 Å². The fourth-order valence-corrected chi connectivity index (χ4v) is 2.14. The van der Waals surface area contributed by atoms with Gasteiger partial charge in [-0.25, -0.2) is 4.79 Å². The molecule has 0 aromatic heterocycles. The Morgan fingerprint density at radius 1 is 0.958 bits per heavy atom. The monoisotopic (exact) mass is 326 g/mol. The number of aryl methyl sites for hydroxylation is 1. The van der Waals surface area contributed by atoms with E-state index in [1.807, 2.05) is 6.92 Å². The molecule has 0 atom stereocenters. The molecule has 6 heteroatoms. The summed E-state index contributed by atoms with van der Waals surface area (Å²) >= 11 is 0.